The van der Waals surface area contributed by atoms with Crippen molar-refractivity contribution in [3.63, 3.8) is 0 Å². The predicted octanol–water partition coefficient (Wildman–Crippen LogP) is 2.91. The summed E-state index contributed by atoms with van der Waals surface area (Å²) in [5.41, 5.74) is 8.01. The zero-order valence-corrected chi connectivity index (χ0v) is 11.3. The number of nitrogens with two attached hydrogens (primary N) is 1. The zero-order chi connectivity index (χ0) is 13.1. The lowest BCUT2D eigenvalue weighted by molar-refractivity contribution is 0.0786. The minimum absolute atomic E-state index is 0.00759. The second kappa shape index (κ2) is 5.23. The molecule has 0 atom stereocenters. The number of rotatable bonds is 3. The fourth-order valence-corrected chi connectivity index (χ4v) is 2.56. The van der Waals surface area contributed by atoms with Crippen LogP contribution < -0.4 is 5.73 Å². The van der Waals surface area contributed by atoms with Crippen molar-refractivity contribution in [2.45, 2.75) is 13.5 Å². The van der Waals surface area contributed by atoms with Crippen LogP contribution in [0.25, 0.3) is 0 Å². The lowest BCUT2D eigenvalue weighted by Crippen LogP contribution is -2.26. The molecule has 0 fully saturated rings. The summed E-state index contributed by atoms with van der Waals surface area (Å²) < 4.78 is 0. The number of amides is 1. The first-order chi connectivity index (χ1) is 8.59. The second-order valence-corrected chi connectivity index (χ2v) is 5.29. The highest BCUT2D eigenvalue weighted by molar-refractivity contribution is 7.09. The number of thiophene rings is 1. The Hall–Kier alpha value is -1.81. The van der Waals surface area contributed by atoms with Crippen LogP contribution in [0, 0.1) is 6.92 Å². The Kier molecular flexibility index (Phi) is 3.67. The monoisotopic (exact) mass is 260 g/mol. The van der Waals surface area contributed by atoms with Crippen LogP contribution in [0.5, 0.6) is 0 Å². The Labute approximate surface area is 111 Å². The molecule has 2 aromatic rings. The van der Waals surface area contributed by atoms with Crippen LogP contribution in [0.3, 0.4) is 0 Å². The van der Waals surface area contributed by atoms with Crippen molar-refractivity contribution in [3.8, 4) is 0 Å². The van der Waals surface area contributed by atoms with Gasteiger partial charge in [-0.3, -0.25) is 4.79 Å². The molecular weight excluding hydrogens is 244 g/mol. The first-order valence-corrected chi connectivity index (χ1v) is 6.60. The van der Waals surface area contributed by atoms with E-state index in [4.69, 9.17) is 5.73 Å². The van der Waals surface area contributed by atoms with Gasteiger partial charge in [0.1, 0.15) is 0 Å². The molecule has 1 amide bonds. The molecule has 18 heavy (non-hydrogen) atoms. The van der Waals surface area contributed by atoms with E-state index in [1.165, 1.54) is 4.88 Å². The van der Waals surface area contributed by atoms with E-state index in [2.05, 4.69) is 0 Å². The molecule has 0 aliphatic heterocycles. The molecule has 2 N–H and O–H groups in total. The van der Waals surface area contributed by atoms with Gasteiger partial charge in [-0.05, 0) is 36.1 Å². The zero-order valence-electron chi connectivity index (χ0n) is 10.5. The summed E-state index contributed by atoms with van der Waals surface area (Å²) in [7, 11) is 1.81. The van der Waals surface area contributed by atoms with Gasteiger partial charge in [0.25, 0.3) is 5.91 Å². The molecule has 0 aliphatic rings. The Morgan fingerprint density at radius 3 is 2.78 bits per heavy atom. The Morgan fingerprint density at radius 2 is 2.11 bits per heavy atom. The molecule has 0 radical (unpaired) electrons. The lowest BCUT2D eigenvalue weighted by atomic mass is 10.1. The summed E-state index contributed by atoms with van der Waals surface area (Å²) >= 11 is 1.65. The molecule has 0 unspecified atom stereocenters. The van der Waals surface area contributed by atoms with E-state index in [-0.39, 0.29) is 5.91 Å². The van der Waals surface area contributed by atoms with Crippen molar-refractivity contribution in [3.05, 3.63) is 51.7 Å². The summed E-state index contributed by atoms with van der Waals surface area (Å²) in [5, 5.41) is 2.01. The Bertz CT molecular complexity index is 549. The van der Waals surface area contributed by atoms with E-state index in [0.29, 0.717) is 17.8 Å². The van der Waals surface area contributed by atoms with Crippen LogP contribution in [0.15, 0.2) is 35.7 Å². The van der Waals surface area contributed by atoms with Gasteiger partial charge in [-0.15, -0.1) is 11.3 Å². The maximum Gasteiger partial charge on any atom is 0.254 e. The van der Waals surface area contributed by atoms with Gasteiger partial charge in [0.15, 0.2) is 0 Å². The third-order valence-corrected chi connectivity index (χ3v) is 3.79. The highest BCUT2D eigenvalue weighted by Crippen LogP contribution is 2.18. The number of anilines is 1. The van der Waals surface area contributed by atoms with Gasteiger partial charge in [-0.2, -0.15) is 0 Å². The minimum atomic E-state index is 0.00759. The van der Waals surface area contributed by atoms with Gasteiger partial charge < -0.3 is 10.6 Å². The number of nitrogens with zero attached hydrogens (tertiary/aromatic N) is 1. The lowest BCUT2D eigenvalue weighted by Gasteiger charge is -2.18. The summed E-state index contributed by atoms with van der Waals surface area (Å²) in [5.74, 6) is 0.00759. The normalized spacial score (nSPS) is 10.3. The van der Waals surface area contributed by atoms with Crippen molar-refractivity contribution in [1.82, 2.24) is 4.90 Å². The van der Waals surface area contributed by atoms with Gasteiger partial charge in [-0.25, -0.2) is 0 Å². The van der Waals surface area contributed by atoms with Crippen LogP contribution in [0.4, 0.5) is 5.69 Å². The number of carbonyl (C=O) groups is 1. The number of carbonyl (C=O) groups excluding carboxylic acids is 1. The summed E-state index contributed by atoms with van der Waals surface area (Å²) in [6.45, 7) is 2.51. The van der Waals surface area contributed by atoms with Gasteiger partial charge in [0.05, 0.1) is 6.54 Å². The third kappa shape index (κ3) is 2.54. The quantitative estimate of drug-likeness (QED) is 0.862. The molecule has 1 aromatic carbocycles. The standard InChI is InChI=1S/C14H16N2OS/c1-10-12(6-3-7-13(10)15)14(17)16(2)9-11-5-4-8-18-11/h3-8H,9,15H2,1-2H3. The van der Waals surface area contributed by atoms with E-state index in [1.807, 2.05) is 49.7 Å². The van der Waals surface area contributed by atoms with Gasteiger partial charge in [0, 0.05) is 23.2 Å². The Balaban J connectivity index is 2.18. The van der Waals surface area contributed by atoms with Gasteiger partial charge in [-0.1, -0.05) is 12.1 Å². The molecule has 2 rings (SSSR count). The number of benzene rings is 1. The smallest absolute Gasteiger partial charge is 0.254 e. The molecular formula is C14H16N2OS. The molecule has 94 valence electrons. The van der Waals surface area contributed by atoms with Crippen LogP contribution in [0.2, 0.25) is 0 Å². The highest BCUT2D eigenvalue weighted by Gasteiger charge is 2.15. The molecule has 0 saturated carbocycles. The van der Waals surface area contributed by atoms with Crippen LogP contribution in [-0.4, -0.2) is 17.9 Å². The first kappa shape index (κ1) is 12.6. The van der Waals surface area contributed by atoms with Crippen LogP contribution in [-0.2, 0) is 6.54 Å². The first-order valence-electron chi connectivity index (χ1n) is 5.72. The minimum Gasteiger partial charge on any atom is -0.398 e. The molecule has 0 spiro atoms. The van der Waals surface area contributed by atoms with E-state index in [9.17, 15) is 4.79 Å². The fourth-order valence-electron chi connectivity index (χ4n) is 1.80. The summed E-state index contributed by atoms with van der Waals surface area (Å²) in [6.07, 6.45) is 0. The van der Waals surface area contributed by atoms with Crippen molar-refractivity contribution in [2.24, 2.45) is 0 Å². The molecule has 0 bridgehead atoms. The predicted molar refractivity (Wildman–Crippen MR) is 75.7 cm³/mol. The molecule has 4 heteroatoms. The number of nitrogen functional groups attached to an aromatic ring is 1. The maximum absolute atomic E-state index is 12.3. The molecule has 3 nitrogen and oxygen atoms in total. The van der Waals surface area contributed by atoms with E-state index in [0.717, 1.165) is 5.56 Å². The van der Waals surface area contributed by atoms with Crippen molar-refractivity contribution >= 4 is 22.9 Å². The highest BCUT2D eigenvalue weighted by atomic mass is 32.1. The van der Waals surface area contributed by atoms with Crippen LogP contribution >= 0.6 is 11.3 Å². The molecule has 1 aromatic heterocycles. The van der Waals surface area contributed by atoms with Gasteiger partial charge >= 0.3 is 0 Å². The average molecular weight is 260 g/mol. The van der Waals surface area contributed by atoms with Crippen molar-refractivity contribution in [1.29, 1.82) is 0 Å². The Morgan fingerprint density at radius 1 is 1.33 bits per heavy atom. The van der Waals surface area contributed by atoms with Crippen LogP contribution in [0.1, 0.15) is 20.8 Å². The fraction of sp³-hybridized carbons (Fsp3) is 0.214. The maximum atomic E-state index is 12.3. The largest absolute Gasteiger partial charge is 0.398 e. The number of hydrogen-bond acceptors (Lipinski definition) is 3. The molecule has 0 aliphatic carbocycles. The summed E-state index contributed by atoms with van der Waals surface area (Å²) in [4.78, 5) is 15.2. The van der Waals surface area contributed by atoms with Crippen molar-refractivity contribution < 1.29 is 4.79 Å². The topological polar surface area (TPSA) is 46.3 Å². The van der Waals surface area contributed by atoms with Gasteiger partial charge in [0.2, 0.25) is 0 Å². The van der Waals surface area contributed by atoms with E-state index < -0.39 is 0 Å². The SMILES string of the molecule is Cc1c(N)cccc1C(=O)N(C)Cc1cccs1. The number of hydrogen-bond donors (Lipinski definition) is 1. The van der Waals surface area contributed by atoms with Crippen molar-refractivity contribution in [2.75, 3.05) is 12.8 Å². The summed E-state index contributed by atoms with van der Waals surface area (Å²) in [6, 6.07) is 9.46. The molecule has 0 saturated heterocycles. The second-order valence-electron chi connectivity index (χ2n) is 4.26. The van der Waals surface area contributed by atoms with E-state index in [1.54, 1.807) is 16.2 Å². The third-order valence-electron chi connectivity index (χ3n) is 2.93. The molecule has 1 heterocycles. The average Bonchev–Trinajstić information content (AvgIpc) is 2.84. The van der Waals surface area contributed by atoms with E-state index >= 15 is 0 Å².